The normalized spacial score (nSPS) is 14.8. The lowest BCUT2D eigenvalue weighted by Crippen LogP contribution is -2.58. The minimum absolute atomic E-state index is 0.0400. The first-order chi connectivity index (χ1) is 18.3. The van der Waals surface area contributed by atoms with Gasteiger partial charge < -0.3 is 43.4 Å². The molecule has 0 heterocycles. The van der Waals surface area contributed by atoms with Crippen LogP contribution in [0.4, 0.5) is 0 Å². The number of aromatic hydroxyl groups is 1. The van der Waals surface area contributed by atoms with Gasteiger partial charge in [0.05, 0.1) is 6.04 Å². The van der Waals surface area contributed by atoms with Gasteiger partial charge in [-0.3, -0.25) is 19.4 Å². The Bertz CT molecular complexity index is 995. The summed E-state index contributed by atoms with van der Waals surface area (Å²) in [6.45, 7) is 7.20. The molecule has 1 rings (SSSR count). The number of phenols is 1. The Balaban J connectivity index is 3.20. The summed E-state index contributed by atoms with van der Waals surface area (Å²) in [6.07, 6.45) is 1.12. The molecule has 0 aliphatic rings. The summed E-state index contributed by atoms with van der Waals surface area (Å²) in [4.78, 5) is 54.9. The molecule has 0 bridgehead atoms. The fourth-order valence-corrected chi connectivity index (χ4v) is 3.67. The minimum atomic E-state index is -1.21. The van der Waals surface area contributed by atoms with Crippen LogP contribution in [-0.4, -0.2) is 70.6 Å². The van der Waals surface area contributed by atoms with Crippen LogP contribution >= 0.6 is 0 Å². The summed E-state index contributed by atoms with van der Waals surface area (Å²) in [5, 5.41) is 26.9. The molecule has 0 aromatic heterocycles. The fraction of sp³-hybridized carbons (Fsp3) is 0.577. The molecule has 5 unspecified atom stereocenters. The SMILES string of the molecule is CCC(C)C(N)C(=O)NC(Cc1ccc(O)cc1)C(=O)NC(CCCN=C(N)N)C(=O)NC(C(=O)O)C(C)C. The summed E-state index contributed by atoms with van der Waals surface area (Å²) in [5.74, 6) is -3.72. The van der Waals surface area contributed by atoms with Gasteiger partial charge >= 0.3 is 5.97 Å². The van der Waals surface area contributed by atoms with E-state index in [1.165, 1.54) is 12.1 Å². The summed E-state index contributed by atoms with van der Waals surface area (Å²) in [5.41, 5.74) is 17.4. The lowest BCUT2D eigenvalue weighted by Gasteiger charge is -2.27. The second kappa shape index (κ2) is 16.2. The van der Waals surface area contributed by atoms with Crippen molar-refractivity contribution in [3.63, 3.8) is 0 Å². The van der Waals surface area contributed by atoms with E-state index < -0.39 is 53.8 Å². The van der Waals surface area contributed by atoms with Gasteiger partial charge in [0.25, 0.3) is 0 Å². The van der Waals surface area contributed by atoms with Crippen LogP contribution in [0.3, 0.4) is 0 Å². The van der Waals surface area contributed by atoms with Gasteiger partial charge in [0.1, 0.15) is 23.9 Å². The number of hydrogen-bond donors (Lipinski definition) is 8. The number of nitrogens with zero attached hydrogens (tertiary/aromatic N) is 1. The number of nitrogens with two attached hydrogens (primary N) is 3. The molecule has 0 spiro atoms. The average molecular weight is 550 g/mol. The van der Waals surface area contributed by atoms with Crippen molar-refractivity contribution >= 4 is 29.7 Å². The standard InChI is InChI=1S/C26H43N7O6/c1-5-15(4)20(27)24(37)32-19(13-16-8-10-17(34)11-9-16)23(36)31-18(7-6-12-30-26(28)29)22(35)33-21(14(2)3)25(38)39/h8-11,14-15,18-21,34H,5-7,12-13,27H2,1-4H3,(H,31,36)(H,32,37)(H,33,35)(H,38,39)(H4,28,29,30). The van der Waals surface area contributed by atoms with E-state index >= 15 is 0 Å². The summed E-state index contributed by atoms with van der Waals surface area (Å²) >= 11 is 0. The molecule has 5 atom stereocenters. The number of carboxylic acids is 1. The number of amides is 3. The van der Waals surface area contributed by atoms with Crippen molar-refractivity contribution in [2.75, 3.05) is 6.54 Å². The van der Waals surface area contributed by atoms with Crippen LogP contribution in [0.1, 0.15) is 52.5 Å². The van der Waals surface area contributed by atoms with E-state index in [1.54, 1.807) is 26.0 Å². The molecular weight excluding hydrogens is 506 g/mol. The van der Waals surface area contributed by atoms with Crippen LogP contribution in [0.25, 0.3) is 0 Å². The molecule has 0 saturated heterocycles. The molecule has 0 aliphatic heterocycles. The second-order valence-electron chi connectivity index (χ2n) is 9.92. The van der Waals surface area contributed by atoms with Crippen molar-refractivity contribution in [2.45, 2.75) is 77.5 Å². The molecule has 11 N–H and O–H groups in total. The highest BCUT2D eigenvalue weighted by Crippen LogP contribution is 2.13. The molecular formula is C26H43N7O6. The number of rotatable bonds is 16. The Labute approximate surface area is 229 Å². The highest BCUT2D eigenvalue weighted by Gasteiger charge is 2.31. The van der Waals surface area contributed by atoms with Crippen LogP contribution < -0.4 is 33.2 Å². The summed E-state index contributed by atoms with van der Waals surface area (Å²) < 4.78 is 0. The van der Waals surface area contributed by atoms with E-state index in [9.17, 15) is 29.4 Å². The van der Waals surface area contributed by atoms with Gasteiger partial charge in [-0.05, 0) is 42.4 Å². The van der Waals surface area contributed by atoms with Crippen molar-refractivity contribution in [2.24, 2.45) is 34.0 Å². The highest BCUT2D eigenvalue weighted by atomic mass is 16.4. The Kier molecular flexibility index (Phi) is 13.7. The predicted octanol–water partition coefficient (Wildman–Crippen LogP) is -0.443. The molecule has 13 heteroatoms. The lowest BCUT2D eigenvalue weighted by molar-refractivity contribution is -0.143. The number of carboxylic acid groups (broad SMARTS) is 1. The van der Waals surface area contributed by atoms with Crippen molar-refractivity contribution in [1.29, 1.82) is 0 Å². The van der Waals surface area contributed by atoms with E-state index in [-0.39, 0.29) is 37.0 Å². The number of guanidine groups is 1. The van der Waals surface area contributed by atoms with Gasteiger partial charge in [-0.1, -0.05) is 46.2 Å². The number of phenolic OH excluding ortho intramolecular Hbond substituents is 1. The zero-order chi connectivity index (χ0) is 29.7. The summed E-state index contributed by atoms with van der Waals surface area (Å²) in [7, 11) is 0. The largest absolute Gasteiger partial charge is 0.508 e. The Morgan fingerprint density at radius 2 is 1.49 bits per heavy atom. The molecule has 0 fully saturated rings. The molecule has 218 valence electrons. The minimum Gasteiger partial charge on any atom is -0.508 e. The number of carbonyl (C=O) groups is 4. The predicted molar refractivity (Wildman–Crippen MR) is 147 cm³/mol. The maximum Gasteiger partial charge on any atom is 0.326 e. The first-order valence-corrected chi connectivity index (χ1v) is 13.0. The van der Waals surface area contributed by atoms with Gasteiger partial charge in [0.2, 0.25) is 17.7 Å². The molecule has 0 radical (unpaired) electrons. The Morgan fingerprint density at radius 1 is 0.923 bits per heavy atom. The maximum absolute atomic E-state index is 13.4. The van der Waals surface area contributed by atoms with Crippen molar-refractivity contribution in [3.05, 3.63) is 29.8 Å². The molecule has 0 aliphatic carbocycles. The number of aliphatic carboxylic acids is 1. The third-order valence-corrected chi connectivity index (χ3v) is 6.38. The van der Waals surface area contributed by atoms with Crippen LogP contribution in [0.15, 0.2) is 29.3 Å². The highest BCUT2D eigenvalue weighted by molar-refractivity contribution is 5.94. The van der Waals surface area contributed by atoms with Gasteiger partial charge in [-0.25, -0.2) is 4.79 Å². The number of benzene rings is 1. The number of hydrogen-bond acceptors (Lipinski definition) is 7. The fourth-order valence-electron chi connectivity index (χ4n) is 3.67. The van der Waals surface area contributed by atoms with E-state index in [4.69, 9.17) is 17.2 Å². The van der Waals surface area contributed by atoms with Gasteiger partial charge in [0, 0.05) is 13.0 Å². The van der Waals surface area contributed by atoms with E-state index in [2.05, 4.69) is 20.9 Å². The average Bonchev–Trinajstić information content (AvgIpc) is 2.87. The van der Waals surface area contributed by atoms with E-state index in [0.29, 0.717) is 18.4 Å². The number of nitrogens with one attached hydrogen (secondary N) is 3. The topological polar surface area (TPSA) is 235 Å². The van der Waals surface area contributed by atoms with Crippen LogP contribution in [0.5, 0.6) is 5.75 Å². The first-order valence-electron chi connectivity index (χ1n) is 13.0. The monoisotopic (exact) mass is 549 g/mol. The molecule has 39 heavy (non-hydrogen) atoms. The third-order valence-electron chi connectivity index (χ3n) is 6.38. The van der Waals surface area contributed by atoms with Crippen molar-refractivity contribution < 1.29 is 29.4 Å². The van der Waals surface area contributed by atoms with Crippen LogP contribution in [0.2, 0.25) is 0 Å². The van der Waals surface area contributed by atoms with Gasteiger partial charge in [0.15, 0.2) is 5.96 Å². The zero-order valence-corrected chi connectivity index (χ0v) is 23.0. The van der Waals surface area contributed by atoms with Crippen LogP contribution in [0, 0.1) is 11.8 Å². The van der Waals surface area contributed by atoms with Gasteiger partial charge in [-0.15, -0.1) is 0 Å². The first kappa shape index (κ1) is 33.2. The second-order valence-corrected chi connectivity index (χ2v) is 9.92. The number of carbonyl (C=O) groups excluding carboxylic acids is 3. The molecule has 1 aromatic rings. The Morgan fingerprint density at radius 3 is 2.00 bits per heavy atom. The van der Waals surface area contributed by atoms with Crippen molar-refractivity contribution in [3.8, 4) is 5.75 Å². The van der Waals surface area contributed by atoms with Gasteiger partial charge in [-0.2, -0.15) is 0 Å². The smallest absolute Gasteiger partial charge is 0.326 e. The molecule has 1 aromatic carbocycles. The quantitative estimate of drug-likeness (QED) is 0.0756. The molecule has 13 nitrogen and oxygen atoms in total. The molecule has 3 amide bonds. The number of aliphatic imine (C=N–C) groups is 1. The Hall–Kier alpha value is -3.87. The maximum atomic E-state index is 13.4. The van der Waals surface area contributed by atoms with E-state index in [0.717, 1.165) is 0 Å². The molecule has 0 saturated carbocycles. The van der Waals surface area contributed by atoms with Crippen LogP contribution in [-0.2, 0) is 25.6 Å². The lowest BCUT2D eigenvalue weighted by atomic mass is 9.98. The summed E-state index contributed by atoms with van der Waals surface area (Å²) in [6, 6.07) is 1.86. The van der Waals surface area contributed by atoms with Crippen molar-refractivity contribution in [1.82, 2.24) is 16.0 Å². The van der Waals surface area contributed by atoms with E-state index in [1.807, 2.05) is 13.8 Å². The zero-order valence-electron chi connectivity index (χ0n) is 23.0. The third kappa shape index (κ3) is 11.6.